The molecule has 5 nitrogen and oxygen atoms in total. The number of nitrogens with zero attached hydrogens (tertiary/aromatic N) is 1. The average molecular weight is 305 g/mol. The molecular formula is C13H21FNO4P. The summed E-state index contributed by atoms with van der Waals surface area (Å²) >= 11 is 0. The summed E-state index contributed by atoms with van der Waals surface area (Å²) in [5.41, 5.74) is 0.664. The molecule has 0 fully saturated rings. The number of hydrogen-bond donors (Lipinski definition) is 0. The molecule has 0 spiro atoms. The average Bonchev–Trinajstić information content (AvgIpc) is 2.27. The maximum Gasteiger partial charge on any atom is 0.513 e. The van der Waals surface area contributed by atoms with Gasteiger partial charge in [-0.3, -0.25) is 18.8 Å². The maximum atomic E-state index is 12.7. The predicted molar refractivity (Wildman–Crippen MR) is 75.4 cm³/mol. The highest BCUT2D eigenvalue weighted by Crippen LogP contribution is 2.51. The lowest BCUT2D eigenvalue weighted by molar-refractivity contribution is 0.101. The molecule has 1 heterocycles. The Kier molecular flexibility index (Phi) is 8.46. The zero-order chi connectivity index (χ0) is 15.8. The van der Waals surface area contributed by atoms with E-state index in [1.165, 1.54) is 6.92 Å². The van der Waals surface area contributed by atoms with Crippen LogP contribution >= 0.6 is 7.91 Å². The number of halogens is 1. The van der Waals surface area contributed by atoms with Crippen molar-refractivity contribution in [2.24, 2.45) is 0 Å². The standard InChI is InChI=1S/C7H7NO.C6H14FO3P/c1-6(9)7-3-2-4-8-5-7;1-5(2)9-11(7,8)10-6(3)4/h2-5H,1H3;5-6H,1-4H3. The van der Waals surface area contributed by atoms with Crippen LogP contribution in [0.4, 0.5) is 4.20 Å². The molecule has 1 aromatic rings. The summed E-state index contributed by atoms with van der Waals surface area (Å²) in [7, 11) is -4.30. The minimum absolute atomic E-state index is 0.0584. The first kappa shape index (κ1) is 18.9. The Morgan fingerprint density at radius 1 is 1.25 bits per heavy atom. The van der Waals surface area contributed by atoms with E-state index in [2.05, 4.69) is 14.0 Å². The van der Waals surface area contributed by atoms with E-state index in [0.717, 1.165) is 0 Å². The summed E-state index contributed by atoms with van der Waals surface area (Å²) in [6.07, 6.45) is 2.35. The van der Waals surface area contributed by atoms with Crippen LogP contribution in [0.3, 0.4) is 0 Å². The Balaban J connectivity index is 0.000000367. The molecule has 0 aliphatic rings. The van der Waals surface area contributed by atoms with Gasteiger partial charge in [0.05, 0.1) is 12.2 Å². The van der Waals surface area contributed by atoms with Crippen molar-refractivity contribution in [1.29, 1.82) is 0 Å². The van der Waals surface area contributed by atoms with E-state index in [9.17, 15) is 13.6 Å². The van der Waals surface area contributed by atoms with Gasteiger partial charge in [-0.15, -0.1) is 4.20 Å². The van der Waals surface area contributed by atoms with Crippen molar-refractivity contribution in [1.82, 2.24) is 4.98 Å². The van der Waals surface area contributed by atoms with Gasteiger partial charge in [-0.2, -0.15) is 0 Å². The van der Waals surface area contributed by atoms with Crippen molar-refractivity contribution in [2.45, 2.75) is 46.8 Å². The fourth-order valence-electron chi connectivity index (χ4n) is 1.10. The van der Waals surface area contributed by atoms with E-state index in [1.54, 1.807) is 52.2 Å². The van der Waals surface area contributed by atoms with Crippen LogP contribution in [-0.4, -0.2) is 23.0 Å². The molecule has 1 rings (SSSR count). The molecule has 0 saturated heterocycles. The Labute approximate surface area is 119 Å². The van der Waals surface area contributed by atoms with Crippen LogP contribution in [0.1, 0.15) is 45.0 Å². The number of hydrogen-bond acceptors (Lipinski definition) is 5. The number of rotatable bonds is 5. The molecule has 0 aliphatic heterocycles. The van der Waals surface area contributed by atoms with Crippen molar-refractivity contribution in [3.05, 3.63) is 30.1 Å². The lowest BCUT2D eigenvalue weighted by atomic mass is 10.2. The third-order valence-electron chi connectivity index (χ3n) is 1.74. The third-order valence-corrected chi connectivity index (χ3v) is 3.09. The van der Waals surface area contributed by atoms with Crippen LogP contribution in [0.15, 0.2) is 24.5 Å². The molecule has 0 radical (unpaired) electrons. The van der Waals surface area contributed by atoms with Crippen molar-refractivity contribution >= 4 is 13.7 Å². The summed E-state index contributed by atoms with van der Waals surface area (Å²) in [5, 5.41) is 0. The highest BCUT2D eigenvalue weighted by atomic mass is 31.2. The number of ketones is 1. The molecule has 0 unspecified atom stereocenters. The lowest BCUT2D eigenvalue weighted by Crippen LogP contribution is -2.04. The molecule has 20 heavy (non-hydrogen) atoms. The van der Waals surface area contributed by atoms with E-state index in [4.69, 9.17) is 0 Å². The second-order valence-corrected chi connectivity index (χ2v) is 5.82. The van der Waals surface area contributed by atoms with E-state index in [1.807, 2.05) is 0 Å². The molecular weight excluding hydrogens is 284 g/mol. The summed E-state index contributed by atoms with van der Waals surface area (Å²) < 4.78 is 32.3. The fraction of sp³-hybridized carbons (Fsp3) is 0.538. The number of pyridine rings is 1. The molecule has 0 amide bonds. The highest BCUT2D eigenvalue weighted by Gasteiger charge is 2.26. The SMILES string of the molecule is CC(=O)c1cccnc1.CC(C)OP(=O)(F)OC(C)C. The Morgan fingerprint density at radius 2 is 1.75 bits per heavy atom. The van der Waals surface area contributed by atoms with E-state index in [0.29, 0.717) is 5.56 Å². The van der Waals surface area contributed by atoms with Crippen LogP contribution in [0.2, 0.25) is 0 Å². The van der Waals surface area contributed by atoms with Crippen LogP contribution in [-0.2, 0) is 13.6 Å². The molecule has 0 N–H and O–H groups in total. The zero-order valence-corrected chi connectivity index (χ0v) is 13.3. The predicted octanol–water partition coefficient (Wildman–Crippen LogP) is 4.20. The lowest BCUT2D eigenvalue weighted by Gasteiger charge is -2.14. The molecule has 0 saturated carbocycles. The Morgan fingerprint density at radius 3 is 2.00 bits per heavy atom. The van der Waals surface area contributed by atoms with Crippen LogP contribution in [0.5, 0.6) is 0 Å². The topological polar surface area (TPSA) is 65.5 Å². The summed E-state index contributed by atoms with van der Waals surface area (Å²) in [6, 6.07) is 3.49. The maximum absolute atomic E-state index is 12.7. The first-order valence-corrected chi connectivity index (χ1v) is 7.65. The molecule has 7 heteroatoms. The monoisotopic (exact) mass is 305 g/mol. The molecule has 114 valence electrons. The highest BCUT2D eigenvalue weighted by molar-refractivity contribution is 7.48. The number of carbonyl (C=O) groups is 1. The molecule has 0 bridgehead atoms. The largest absolute Gasteiger partial charge is 0.513 e. The second-order valence-electron chi connectivity index (χ2n) is 4.54. The Bertz CT molecular complexity index is 437. The number of Topliss-reactive ketones (excluding diaryl/α,β-unsaturated/α-hetero) is 1. The smallest absolute Gasteiger partial charge is 0.294 e. The minimum Gasteiger partial charge on any atom is -0.294 e. The van der Waals surface area contributed by atoms with E-state index in [-0.39, 0.29) is 5.78 Å². The van der Waals surface area contributed by atoms with Crippen LogP contribution in [0, 0.1) is 0 Å². The van der Waals surface area contributed by atoms with Crippen molar-refractivity contribution < 1.29 is 22.6 Å². The van der Waals surface area contributed by atoms with Gasteiger partial charge in [-0.25, -0.2) is 4.57 Å². The van der Waals surface area contributed by atoms with E-state index < -0.39 is 20.1 Å². The van der Waals surface area contributed by atoms with E-state index >= 15 is 0 Å². The van der Waals surface area contributed by atoms with Gasteiger partial charge in [0.15, 0.2) is 5.78 Å². The van der Waals surface area contributed by atoms with Gasteiger partial charge in [0.2, 0.25) is 0 Å². The fourth-order valence-corrected chi connectivity index (χ4v) is 2.16. The third kappa shape index (κ3) is 9.78. The molecule has 0 aromatic carbocycles. The first-order valence-electron chi connectivity index (χ1n) is 6.21. The second kappa shape index (κ2) is 8.95. The molecule has 0 aliphatic carbocycles. The number of aromatic nitrogens is 1. The number of carbonyl (C=O) groups excluding carboxylic acids is 1. The molecule has 1 aromatic heterocycles. The summed E-state index contributed by atoms with van der Waals surface area (Å²) in [4.78, 5) is 14.4. The first-order chi connectivity index (χ1) is 9.14. The molecule has 0 atom stereocenters. The van der Waals surface area contributed by atoms with Gasteiger partial charge < -0.3 is 0 Å². The van der Waals surface area contributed by atoms with Crippen molar-refractivity contribution in [3.63, 3.8) is 0 Å². The van der Waals surface area contributed by atoms with Gasteiger partial charge in [0, 0.05) is 18.0 Å². The summed E-state index contributed by atoms with van der Waals surface area (Å²) in [5.74, 6) is 0.0584. The van der Waals surface area contributed by atoms with Gasteiger partial charge in [-0.1, -0.05) is 0 Å². The quantitative estimate of drug-likeness (QED) is 0.602. The summed E-state index contributed by atoms with van der Waals surface area (Å²) in [6.45, 7) is 7.90. The van der Waals surface area contributed by atoms with Crippen molar-refractivity contribution in [2.75, 3.05) is 0 Å². The van der Waals surface area contributed by atoms with Gasteiger partial charge in [0.25, 0.3) is 0 Å². The van der Waals surface area contributed by atoms with Gasteiger partial charge in [0.1, 0.15) is 0 Å². The van der Waals surface area contributed by atoms with Crippen molar-refractivity contribution in [3.8, 4) is 0 Å². The Hall–Kier alpha value is -1.10. The van der Waals surface area contributed by atoms with Crippen LogP contribution in [0.25, 0.3) is 0 Å². The van der Waals surface area contributed by atoms with Gasteiger partial charge >= 0.3 is 7.91 Å². The normalized spacial score (nSPS) is 11.2. The van der Waals surface area contributed by atoms with Gasteiger partial charge in [-0.05, 0) is 46.8 Å². The zero-order valence-electron chi connectivity index (χ0n) is 12.4. The minimum atomic E-state index is -4.30. The van der Waals surface area contributed by atoms with Crippen LogP contribution < -0.4 is 0 Å².